The molecule has 0 spiro atoms. The standard InChI is InChI=1S/C18H14N2O/c1-11-8-9-20-18(17(11)19)12-6-7-16-14(10-12)13-4-2-3-5-15(13)21-16/h2-10H,19H2,1H3. The number of aryl methyl sites for hydroxylation is 1. The van der Waals surface area contributed by atoms with Gasteiger partial charge in [-0.3, -0.25) is 4.98 Å². The molecule has 0 unspecified atom stereocenters. The summed E-state index contributed by atoms with van der Waals surface area (Å²) in [7, 11) is 0. The van der Waals surface area contributed by atoms with Crippen molar-refractivity contribution in [2.24, 2.45) is 0 Å². The highest BCUT2D eigenvalue weighted by molar-refractivity contribution is 6.06. The Bertz CT molecular complexity index is 969. The summed E-state index contributed by atoms with van der Waals surface area (Å²) in [5, 5.41) is 2.20. The van der Waals surface area contributed by atoms with E-state index in [2.05, 4.69) is 17.1 Å². The van der Waals surface area contributed by atoms with E-state index in [0.717, 1.165) is 44.4 Å². The molecule has 2 heterocycles. The van der Waals surface area contributed by atoms with Gasteiger partial charge in [-0.15, -0.1) is 0 Å². The molecule has 0 saturated carbocycles. The van der Waals surface area contributed by atoms with Crippen molar-refractivity contribution < 1.29 is 4.42 Å². The third kappa shape index (κ3) is 1.78. The first kappa shape index (κ1) is 12.0. The number of rotatable bonds is 1. The summed E-state index contributed by atoms with van der Waals surface area (Å²) in [6.07, 6.45) is 1.79. The predicted molar refractivity (Wildman–Crippen MR) is 86.1 cm³/mol. The second kappa shape index (κ2) is 4.35. The van der Waals surface area contributed by atoms with E-state index in [1.54, 1.807) is 6.20 Å². The van der Waals surface area contributed by atoms with Gasteiger partial charge in [-0.2, -0.15) is 0 Å². The van der Waals surface area contributed by atoms with Crippen LogP contribution in [0.5, 0.6) is 0 Å². The molecule has 0 atom stereocenters. The number of nitrogens with zero attached hydrogens (tertiary/aromatic N) is 1. The Morgan fingerprint density at radius 2 is 1.76 bits per heavy atom. The van der Waals surface area contributed by atoms with E-state index >= 15 is 0 Å². The maximum atomic E-state index is 6.16. The third-order valence-electron chi connectivity index (χ3n) is 3.86. The average molecular weight is 274 g/mol. The van der Waals surface area contributed by atoms with E-state index in [1.807, 2.05) is 43.3 Å². The highest BCUT2D eigenvalue weighted by Crippen LogP contribution is 2.33. The van der Waals surface area contributed by atoms with Crippen molar-refractivity contribution >= 4 is 27.6 Å². The lowest BCUT2D eigenvalue weighted by molar-refractivity contribution is 0.669. The van der Waals surface area contributed by atoms with Gasteiger partial charge >= 0.3 is 0 Å². The van der Waals surface area contributed by atoms with Gasteiger partial charge in [-0.05, 0) is 42.8 Å². The SMILES string of the molecule is Cc1ccnc(-c2ccc3oc4ccccc4c3c2)c1N. The van der Waals surface area contributed by atoms with Crippen LogP contribution in [0.2, 0.25) is 0 Å². The second-order valence-electron chi connectivity index (χ2n) is 5.20. The minimum atomic E-state index is 0.727. The van der Waals surface area contributed by atoms with Crippen molar-refractivity contribution in [3.63, 3.8) is 0 Å². The fraction of sp³-hybridized carbons (Fsp3) is 0.0556. The summed E-state index contributed by atoms with van der Waals surface area (Å²) in [5.41, 5.74) is 11.5. The van der Waals surface area contributed by atoms with Crippen LogP contribution in [-0.2, 0) is 0 Å². The lowest BCUT2D eigenvalue weighted by Crippen LogP contribution is -1.95. The number of pyridine rings is 1. The van der Waals surface area contributed by atoms with E-state index in [0.29, 0.717) is 0 Å². The smallest absolute Gasteiger partial charge is 0.135 e. The summed E-state index contributed by atoms with van der Waals surface area (Å²) in [6.45, 7) is 1.99. The highest BCUT2D eigenvalue weighted by atomic mass is 16.3. The molecule has 4 aromatic rings. The average Bonchev–Trinajstić information content (AvgIpc) is 2.88. The van der Waals surface area contributed by atoms with Crippen LogP contribution in [-0.4, -0.2) is 4.98 Å². The minimum absolute atomic E-state index is 0.727. The van der Waals surface area contributed by atoms with Gasteiger partial charge in [0.2, 0.25) is 0 Å². The van der Waals surface area contributed by atoms with Gasteiger partial charge < -0.3 is 10.2 Å². The first-order chi connectivity index (χ1) is 10.2. The van der Waals surface area contributed by atoms with Gasteiger partial charge in [-0.1, -0.05) is 18.2 Å². The van der Waals surface area contributed by atoms with Gasteiger partial charge in [-0.25, -0.2) is 0 Å². The molecule has 0 aliphatic rings. The molecule has 0 aliphatic carbocycles. The molecule has 4 rings (SSSR count). The van der Waals surface area contributed by atoms with Crippen LogP contribution in [0.4, 0.5) is 5.69 Å². The molecule has 3 heteroatoms. The Morgan fingerprint density at radius 1 is 0.952 bits per heavy atom. The molecule has 0 saturated heterocycles. The molecule has 2 aromatic carbocycles. The molecule has 102 valence electrons. The Labute approximate surface area is 122 Å². The molecule has 0 aliphatic heterocycles. The lowest BCUT2D eigenvalue weighted by atomic mass is 10.0. The van der Waals surface area contributed by atoms with E-state index in [-0.39, 0.29) is 0 Å². The van der Waals surface area contributed by atoms with Gasteiger partial charge in [0.05, 0.1) is 11.4 Å². The molecule has 2 N–H and O–H groups in total. The first-order valence-corrected chi connectivity index (χ1v) is 6.87. The number of nitrogen functional groups attached to an aromatic ring is 1. The first-order valence-electron chi connectivity index (χ1n) is 6.87. The molecule has 21 heavy (non-hydrogen) atoms. The van der Waals surface area contributed by atoms with Crippen LogP contribution in [0.3, 0.4) is 0 Å². The number of hydrogen-bond acceptors (Lipinski definition) is 3. The number of hydrogen-bond donors (Lipinski definition) is 1. The molecular formula is C18H14N2O. The van der Waals surface area contributed by atoms with E-state index in [4.69, 9.17) is 10.2 Å². The maximum Gasteiger partial charge on any atom is 0.135 e. The van der Waals surface area contributed by atoms with Crippen molar-refractivity contribution in [3.05, 3.63) is 60.3 Å². The normalized spacial score (nSPS) is 11.3. The fourth-order valence-electron chi connectivity index (χ4n) is 2.67. The van der Waals surface area contributed by atoms with Gasteiger partial charge in [0.1, 0.15) is 11.2 Å². The van der Waals surface area contributed by atoms with Crippen LogP contribution >= 0.6 is 0 Å². The third-order valence-corrected chi connectivity index (χ3v) is 3.86. The van der Waals surface area contributed by atoms with Gasteiger partial charge in [0.25, 0.3) is 0 Å². The molecular weight excluding hydrogens is 260 g/mol. The zero-order chi connectivity index (χ0) is 14.4. The topological polar surface area (TPSA) is 52.0 Å². The zero-order valence-electron chi connectivity index (χ0n) is 11.6. The molecule has 0 fully saturated rings. The summed E-state index contributed by atoms with van der Waals surface area (Å²) in [6, 6.07) is 16.0. The summed E-state index contributed by atoms with van der Waals surface area (Å²) in [4.78, 5) is 4.42. The zero-order valence-corrected chi connectivity index (χ0v) is 11.6. The number of aromatic nitrogens is 1. The Morgan fingerprint density at radius 3 is 2.67 bits per heavy atom. The number of furan rings is 1. The van der Waals surface area contributed by atoms with Crippen molar-refractivity contribution in [2.45, 2.75) is 6.92 Å². The molecule has 3 nitrogen and oxygen atoms in total. The fourth-order valence-corrected chi connectivity index (χ4v) is 2.67. The maximum absolute atomic E-state index is 6.16. The Hall–Kier alpha value is -2.81. The van der Waals surface area contributed by atoms with Crippen LogP contribution in [0.15, 0.2) is 59.1 Å². The van der Waals surface area contributed by atoms with Gasteiger partial charge in [0.15, 0.2) is 0 Å². The van der Waals surface area contributed by atoms with Crippen LogP contribution in [0, 0.1) is 6.92 Å². The Kier molecular flexibility index (Phi) is 2.48. The monoisotopic (exact) mass is 274 g/mol. The second-order valence-corrected chi connectivity index (χ2v) is 5.20. The quantitative estimate of drug-likeness (QED) is 0.554. The van der Waals surface area contributed by atoms with Crippen LogP contribution < -0.4 is 5.73 Å². The summed E-state index contributed by atoms with van der Waals surface area (Å²) < 4.78 is 5.85. The van der Waals surface area contributed by atoms with Crippen molar-refractivity contribution in [1.82, 2.24) is 4.98 Å². The predicted octanol–water partition coefficient (Wildman–Crippen LogP) is 4.54. The number of benzene rings is 2. The molecule has 2 aromatic heterocycles. The van der Waals surface area contributed by atoms with Gasteiger partial charge in [0, 0.05) is 22.5 Å². The minimum Gasteiger partial charge on any atom is -0.456 e. The number of nitrogens with two attached hydrogens (primary N) is 1. The van der Waals surface area contributed by atoms with Crippen molar-refractivity contribution in [2.75, 3.05) is 5.73 Å². The lowest BCUT2D eigenvalue weighted by Gasteiger charge is -2.07. The summed E-state index contributed by atoms with van der Waals surface area (Å²) >= 11 is 0. The molecule has 0 amide bonds. The van der Waals surface area contributed by atoms with Crippen molar-refractivity contribution in [3.8, 4) is 11.3 Å². The summed E-state index contributed by atoms with van der Waals surface area (Å²) in [5.74, 6) is 0. The molecule has 0 radical (unpaired) electrons. The number of para-hydroxylation sites is 1. The van der Waals surface area contributed by atoms with E-state index in [1.165, 1.54) is 0 Å². The Balaban J connectivity index is 2.02. The number of anilines is 1. The molecule has 0 bridgehead atoms. The highest BCUT2D eigenvalue weighted by Gasteiger charge is 2.10. The van der Waals surface area contributed by atoms with E-state index < -0.39 is 0 Å². The largest absolute Gasteiger partial charge is 0.456 e. The van der Waals surface area contributed by atoms with E-state index in [9.17, 15) is 0 Å². The van der Waals surface area contributed by atoms with Crippen LogP contribution in [0.25, 0.3) is 33.2 Å². The van der Waals surface area contributed by atoms with Crippen molar-refractivity contribution in [1.29, 1.82) is 0 Å². The number of fused-ring (bicyclic) bond motifs is 3. The van der Waals surface area contributed by atoms with Crippen LogP contribution in [0.1, 0.15) is 5.56 Å².